The first-order valence-corrected chi connectivity index (χ1v) is 19.4. The van der Waals surface area contributed by atoms with E-state index in [1.54, 1.807) is 6.20 Å². The third-order valence-corrected chi connectivity index (χ3v) is 15.2. The molecule has 0 saturated carbocycles. The molecule has 0 aliphatic rings. The summed E-state index contributed by atoms with van der Waals surface area (Å²) in [6, 6.07) is 68.8. The minimum atomic E-state index is -2.65. The summed E-state index contributed by atoms with van der Waals surface area (Å²) in [5, 5.41) is 10.0. The normalized spacial score (nSPS) is 11.9. The van der Waals surface area contributed by atoms with Crippen LogP contribution in [0.3, 0.4) is 0 Å². The Bertz CT molecular complexity index is 2760. The van der Waals surface area contributed by atoms with Crippen LogP contribution in [0, 0.1) is 0 Å². The number of para-hydroxylation sites is 1. The number of hydrogen-bond donors (Lipinski definition) is 0. The van der Waals surface area contributed by atoms with E-state index in [4.69, 9.17) is 4.42 Å². The van der Waals surface area contributed by atoms with Crippen molar-refractivity contribution in [1.29, 1.82) is 0 Å². The first-order valence-electron chi connectivity index (χ1n) is 17.4. The maximum absolute atomic E-state index is 6.07. The van der Waals surface area contributed by atoms with E-state index in [0.29, 0.717) is 5.71 Å². The van der Waals surface area contributed by atoms with Crippen molar-refractivity contribution in [3.05, 3.63) is 194 Å². The number of furan rings is 1. The molecule has 0 aliphatic heterocycles. The molecule has 0 bridgehead atoms. The van der Waals surface area contributed by atoms with Crippen LogP contribution in [0.15, 0.2) is 199 Å². The molecule has 0 spiro atoms. The Morgan fingerprint density at radius 3 is 1.75 bits per heavy atom. The molecular formula is C47H32N2OSi. The fraction of sp³-hybridized carbons (Fsp3) is 0. The van der Waals surface area contributed by atoms with Crippen molar-refractivity contribution >= 4 is 72.7 Å². The summed E-state index contributed by atoms with van der Waals surface area (Å²) < 4.78 is 8.44. The van der Waals surface area contributed by atoms with Gasteiger partial charge in [0.25, 0.3) is 0 Å². The van der Waals surface area contributed by atoms with Crippen molar-refractivity contribution in [2.75, 3.05) is 0 Å². The van der Waals surface area contributed by atoms with Gasteiger partial charge in [-0.2, -0.15) is 0 Å². The van der Waals surface area contributed by atoms with Gasteiger partial charge in [-0.25, -0.2) is 4.98 Å². The highest BCUT2D eigenvalue weighted by molar-refractivity contribution is 7.19. The van der Waals surface area contributed by atoms with Crippen molar-refractivity contribution < 1.29 is 4.42 Å². The second kappa shape index (κ2) is 11.8. The minimum absolute atomic E-state index is 0.664. The molecule has 7 aromatic carbocycles. The van der Waals surface area contributed by atoms with E-state index >= 15 is 0 Å². The lowest BCUT2D eigenvalue weighted by atomic mass is 10.0. The topological polar surface area (TPSA) is 31.0 Å². The van der Waals surface area contributed by atoms with Crippen LogP contribution in [-0.2, 0) is 0 Å². The number of nitrogens with zero attached hydrogens (tertiary/aromatic N) is 2. The van der Waals surface area contributed by atoms with Crippen LogP contribution >= 0.6 is 0 Å². The molecule has 0 N–H and O–H groups in total. The SMILES string of the molecule is c1ccc([Si](c2ccccc2)(c2ccccc2)c2cccc(-c3ccc4c(c3)c3ccccc3n4-c3ccc4oc5ncccc5c4c3)c2)cc1. The summed E-state index contributed by atoms with van der Waals surface area (Å²) in [5.41, 5.74) is 7.36. The van der Waals surface area contributed by atoms with Gasteiger partial charge in [0.15, 0.2) is 8.07 Å². The first-order chi connectivity index (χ1) is 25.3. The van der Waals surface area contributed by atoms with Gasteiger partial charge >= 0.3 is 0 Å². The average Bonchev–Trinajstić information content (AvgIpc) is 3.75. The zero-order valence-electron chi connectivity index (χ0n) is 27.8. The number of rotatable bonds is 6. The Morgan fingerprint density at radius 2 is 1.02 bits per heavy atom. The van der Waals surface area contributed by atoms with Gasteiger partial charge in [-0.05, 0) is 80.4 Å². The lowest BCUT2D eigenvalue weighted by Gasteiger charge is -2.34. The number of hydrogen-bond acceptors (Lipinski definition) is 2. The second-order valence-electron chi connectivity index (χ2n) is 13.2. The van der Waals surface area contributed by atoms with E-state index < -0.39 is 8.07 Å². The zero-order valence-corrected chi connectivity index (χ0v) is 28.8. The Balaban J connectivity index is 1.17. The molecular weight excluding hydrogens is 637 g/mol. The van der Waals surface area contributed by atoms with Crippen LogP contribution < -0.4 is 20.7 Å². The van der Waals surface area contributed by atoms with Crippen molar-refractivity contribution in [2.24, 2.45) is 0 Å². The molecule has 0 radical (unpaired) electrons. The number of fused-ring (bicyclic) bond motifs is 6. The van der Waals surface area contributed by atoms with Gasteiger partial charge < -0.3 is 8.98 Å². The van der Waals surface area contributed by atoms with Crippen LogP contribution in [0.5, 0.6) is 0 Å². The Kier molecular flexibility index (Phi) is 6.83. The van der Waals surface area contributed by atoms with E-state index in [-0.39, 0.29) is 0 Å². The van der Waals surface area contributed by atoms with Crippen LogP contribution in [0.1, 0.15) is 0 Å². The van der Waals surface area contributed by atoms with E-state index in [1.165, 1.54) is 53.7 Å². The molecule has 10 rings (SSSR count). The summed E-state index contributed by atoms with van der Waals surface area (Å²) in [6.45, 7) is 0. The standard InChI is InChI=1S/C47H32N2OSi/c1-4-15-36(16-5-1)51(37-17-6-2-7-18-37,38-19-8-3-9-20-38)39-21-12-14-33(30-39)34-25-27-45-42(31-34)40-22-10-11-24-44(40)49(45)35-26-28-46-43(32-35)41-23-13-29-48-47(41)50-46/h1-32H. The Labute approximate surface area is 296 Å². The highest BCUT2D eigenvalue weighted by Crippen LogP contribution is 2.37. The molecule has 240 valence electrons. The average molecular weight is 669 g/mol. The summed E-state index contributed by atoms with van der Waals surface area (Å²) in [4.78, 5) is 4.45. The molecule has 0 atom stereocenters. The predicted octanol–water partition coefficient (Wildman–Crippen LogP) is 9.12. The largest absolute Gasteiger partial charge is 0.438 e. The highest BCUT2D eigenvalue weighted by Gasteiger charge is 2.41. The molecule has 3 nitrogen and oxygen atoms in total. The summed E-state index contributed by atoms with van der Waals surface area (Å²) in [6.07, 6.45) is 1.78. The minimum Gasteiger partial charge on any atom is -0.438 e. The van der Waals surface area contributed by atoms with E-state index in [9.17, 15) is 0 Å². The molecule has 0 amide bonds. The Hall–Kier alpha value is -6.49. The van der Waals surface area contributed by atoms with E-state index in [2.05, 4.69) is 192 Å². The second-order valence-corrected chi connectivity index (χ2v) is 17.0. The molecule has 0 fully saturated rings. The van der Waals surface area contributed by atoms with E-state index in [1.807, 2.05) is 6.07 Å². The third kappa shape index (κ3) is 4.61. The van der Waals surface area contributed by atoms with Gasteiger partial charge in [0.05, 0.1) is 11.0 Å². The summed E-state index contributed by atoms with van der Waals surface area (Å²) in [5.74, 6) is 0. The molecule has 3 aromatic heterocycles. The number of aromatic nitrogens is 2. The quantitative estimate of drug-likeness (QED) is 0.131. The fourth-order valence-electron chi connectivity index (χ4n) is 8.16. The smallest absolute Gasteiger partial charge is 0.227 e. The monoisotopic (exact) mass is 668 g/mol. The summed E-state index contributed by atoms with van der Waals surface area (Å²) in [7, 11) is -2.65. The molecule has 3 heterocycles. The van der Waals surface area contributed by atoms with Crippen molar-refractivity contribution in [1.82, 2.24) is 9.55 Å². The van der Waals surface area contributed by atoms with Gasteiger partial charge in [0, 0.05) is 33.4 Å². The zero-order chi connectivity index (χ0) is 33.8. The predicted molar refractivity (Wildman–Crippen MR) is 215 cm³/mol. The first kappa shape index (κ1) is 29.4. The highest BCUT2D eigenvalue weighted by atomic mass is 28.3. The molecule has 51 heavy (non-hydrogen) atoms. The van der Waals surface area contributed by atoms with Gasteiger partial charge in [-0.3, -0.25) is 0 Å². The Morgan fingerprint density at radius 1 is 0.412 bits per heavy atom. The number of pyridine rings is 1. The lowest BCUT2D eigenvalue weighted by Crippen LogP contribution is -2.74. The van der Waals surface area contributed by atoms with Crippen LogP contribution in [0.2, 0.25) is 0 Å². The lowest BCUT2D eigenvalue weighted by molar-refractivity contribution is 0.654. The molecule has 4 heteroatoms. The van der Waals surface area contributed by atoms with Crippen LogP contribution in [-0.4, -0.2) is 17.6 Å². The van der Waals surface area contributed by atoms with Gasteiger partial charge in [-0.15, -0.1) is 0 Å². The molecule has 10 aromatic rings. The van der Waals surface area contributed by atoms with Crippen LogP contribution in [0.4, 0.5) is 0 Å². The van der Waals surface area contributed by atoms with Crippen LogP contribution in [0.25, 0.3) is 60.7 Å². The maximum atomic E-state index is 6.07. The van der Waals surface area contributed by atoms with E-state index in [0.717, 1.165) is 22.0 Å². The molecule has 0 aliphatic carbocycles. The summed E-state index contributed by atoms with van der Waals surface area (Å²) >= 11 is 0. The van der Waals surface area contributed by atoms with Crippen molar-refractivity contribution in [2.45, 2.75) is 0 Å². The van der Waals surface area contributed by atoms with Crippen molar-refractivity contribution in [3.8, 4) is 16.8 Å². The number of benzene rings is 7. The molecule has 0 unspecified atom stereocenters. The van der Waals surface area contributed by atoms with Crippen molar-refractivity contribution in [3.63, 3.8) is 0 Å². The molecule has 0 saturated heterocycles. The van der Waals surface area contributed by atoms with Gasteiger partial charge in [0.1, 0.15) is 5.58 Å². The maximum Gasteiger partial charge on any atom is 0.227 e. The van der Waals surface area contributed by atoms with Gasteiger partial charge in [0.2, 0.25) is 5.71 Å². The van der Waals surface area contributed by atoms with Gasteiger partial charge in [-0.1, -0.05) is 140 Å². The fourth-order valence-corrected chi connectivity index (χ4v) is 13.0. The third-order valence-electron chi connectivity index (χ3n) is 10.4.